The zero-order chi connectivity index (χ0) is 20.3. The number of anilines is 1. The third kappa shape index (κ3) is 4.67. The molecular formula is C19H20Cl2N2O4S. The maximum absolute atomic E-state index is 12.9. The van der Waals surface area contributed by atoms with E-state index in [2.05, 4.69) is 5.32 Å². The van der Waals surface area contributed by atoms with Crippen LogP contribution in [0.4, 0.5) is 5.69 Å². The molecule has 1 amide bonds. The van der Waals surface area contributed by atoms with Crippen LogP contribution in [0, 0.1) is 5.92 Å². The summed E-state index contributed by atoms with van der Waals surface area (Å²) in [5, 5.41) is 12.4. The fourth-order valence-corrected chi connectivity index (χ4v) is 5.37. The minimum absolute atomic E-state index is 0.0228. The van der Waals surface area contributed by atoms with Crippen LogP contribution in [0.25, 0.3) is 0 Å². The van der Waals surface area contributed by atoms with Crippen molar-refractivity contribution in [1.82, 2.24) is 4.31 Å². The molecule has 1 fully saturated rings. The standard InChI is InChI=1S/C19H20Cl2N2O4S/c20-15-4-5-17(21)18(11-15)28(26,27)23-8-6-14(7-9-23)19(25)22-16-3-1-2-13(10-16)12-24/h1-5,10-11,14,24H,6-9,12H2,(H,22,25). The van der Waals surface area contributed by atoms with Crippen LogP contribution in [0.1, 0.15) is 18.4 Å². The zero-order valence-corrected chi connectivity index (χ0v) is 17.3. The van der Waals surface area contributed by atoms with Gasteiger partial charge in [-0.25, -0.2) is 8.42 Å². The minimum Gasteiger partial charge on any atom is -0.392 e. The summed E-state index contributed by atoms with van der Waals surface area (Å²) in [7, 11) is -3.77. The molecule has 0 spiro atoms. The lowest BCUT2D eigenvalue weighted by atomic mass is 9.97. The van der Waals surface area contributed by atoms with Gasteiger partial charge in [-0.2, -0.15) is 4.31 Å². The van der Waals surface area contributed by atoms with Crippen molar-refractivity contribution in [3.05, 3.63) is 58.1 Å². The van der Waals surface area contributed by atoms with Crippen LogP contribution in [0.2, 0.25) is 10.0 Å². The van der Waals surface area contributed by atoms with Crippen LogP contribution >= 0.6 is 23.2 Å². The second-order valence-electron chi connectivity index (χ2n) is 6.60. The van der Waals surface area contributed by atoms with E-state index in [1.807, 2.05) is 0 Å². The second-order valence-corrected chi connectivity index (χ2v) is 9.35. The third-order valence-electron chi connectivity index (χ3n) is 4.71. The zero-order valence-electron chi connectivity index (χ0n) is 14.9. The first-order chi connectivity index (χ1) is 13.3. The van der Waals surface area contributed by atoms with Gasteiger partial charge in [-0.1, -0.05) is 35.3 Å². The molecule has 150 valence electrons. The van der Waals surface area contributed by atoms with Gasteiger partial charge in [-0.3, -0.25) is 4.79 Å². The van der Waals surface area contributed by atoms with E-state index in [0.717, 1.165) is 0 Å². The summed E-state index contributed by atoms with van der Waals surface area (Å²) in [4.78, 5) is 12.5. The van der Waals surface area contributed by atoms with E-state index in [1.165, 1.54) is 22.5 Å². The summed E-state index contributed by atoms with van der Waals surface area (Å²) in [5.74, 6) is -0.452. The quantitative estimate of drug-likeness (QED) is 0.741. The first-order valence-electron chi connectivity index (χ1n) is 8.77. The molecule has 0 saturated carbocycles. The van der Waals surface area contributed by atoms with Crippen molar-refractivity contribution in [1.29, 1.82) is 0 Å². The Kier molecular flexibility index (Phi) is 6.62. The second kappa shape index (κ2) is 8.80. The Bertz CT molecular complexity index is 974. The van der Waals surface area contributed by atoms with Crippen molar-refractivity contribution in [3.63, 3.8) is 0 Å². The van der Waals surface area contributed by atoms with Crippen molar-refractivity contribution >= 4 is 44.8 Å². The van der Waals surface area contributed by atoms with Gasteiger partial charge < -0.3 is 10.4 Å². The maximum atomic E-state index is 12.9. The molecule has 6 nitrogen and oxygen atoms in total. The molecule has 0 atom stereocenters. The van der Waals surface area contributed by atoms with Gasteiger partial charge in [-0.15, -0.1) is 0 Å². The van der Waals surface area contributed by atoms with Crippen molar-refractivity contribution in [2.75, 3.05) is 18.4 Å². The summed E-state index contributed by atoms with van der Waals surface area (Å²) in [5.41, 5.74) is 1.31. The van der Waals surface area contributed by atoms with Crippen LogP contribution in [0.15, 0.2) is 47.4 Å². The molecular weight excluding hydrogens is 423 g/mol. The van der Waals surface area contributed by atoms with E-state index in [0.29, 0.717) is 29.1 Å². The largest absolute Gasteiger partial charge is 0.392 e. The number of carbonyl (C=O) groups excluding carboxylic acids is 1. The Labute approximate surface area is 174 Å². The molecule has 1 aliphatic heterocycles. The van der Waals surface area contributed by atoms with Crippen LogP contribution in [-0.2, 0) is 21.4 Å². The van der Waals surface area contributed by atoms with Crippen LogP contribution < -0.4 is 5.32 Å². The average Bonchev–Trinajstić information content (AvgIpc) is 2.70. The van der Waals surface area contributed by atoms with E-state index >= 15 is 0 Å². The van der Waals surface area contributed by atoms with Crippen LogP contribution in [-0.4, -0.2) is 36.8 Å². The lowest BCUT2D eigenvalue weighted by Crippen LogP contribution is -2.41. The van der Waals surface area contributed by atoms with Gasteiger partial charge in [0.15, 0.2) is 0 Å². The number of amides is 1. The van der Waals surface area contributed by atoms with E-state index in [1.54, 1.807) is 24.3 Å². The first kappa shape index (κ1) is 21.1. The van der Waals surface area contributed by atoms with Gasteiger partial charge in [0, 0.05) is 29.7 Å². The Morgan fingerprint density at radius 3 is 2.54 bits per heavy atom. The summed E-state index contributed by atoms with van der Waals surface area (Å²) in [6, 6.07) is 11.3. The average molecular weight is 443 g/mol. The number of halogens is 2. The fraction of sp³-hybridized carbons (Fsp3) is 0.316. The lowest BCUT2D eigenvalue weighted by molar-refractivity contribution is -0.120. The molecule has 1 heterocycles. The van der Waals surface area contributed by atoms with Gasteiger partial charge >= 0.3 is 0 Å². The highest BCUT2D eigenvalue weighted by Gasteiger charge is 2.33. The molecule has 0 unspecified atom stereocenters. The summed E-state index contributed by atoms with van der Waals surface area (Å²) < 4.78 is 27.0. The monoisotopic (exact) mass is 442 g/mol. The van der Waals surface area contributed by atoms with Gasteiger partial charge in [0.05, 0.1) is 11.6 Å². The Balaban J connectivity index is 1.65. The summed E-state index contributed by atoms with van der Waals surface area (Å²) in [6.07, 6.45) is 0.811. The van der Waals surface area contributed by atoms with Gasteiger partial charge in [0.1, 0.15) is 4.90 Å². The van der Waals surface area contributed by atoms with Gasteiger partial charge in [0.25, 0.3) is 0 Å². The number of sulfonamides is 1. The minimum atomic E-state index is -3.77. The molecule has 2 N–H and O–H groups in total. The fourth-order valence-electron chi connectivity index (χ4n) is 3.16. The van der Waals surface area contributed by atoms with Crippen LogP contribution in [0.3, 0.4) is 0 Å². The highest BCUT2D eigenvalue weighted by molar-refractivity contribution is 7.89. The van der Waals surface area contributed by atoms with Crippen molar-refractivity contribution in [2.24, 2.45) is 5.92 Å². The third-order valence-corrected chi connectivity index (χ3v) is 7.33. The molecule has 1 aliphatic rings. The maximum Gasteiger partial charge on any atom is 0.244 e. The molecule has 0 aliphatic carbocycles. The van der Waals surface area contributed by atoms with E-state index in [4.69, 9.17) is 23.2 Å². The highest BCUT2D eigenvalue weighted by Crippen LogP contribution is 2.30. The number of rotatable bonds is 5. The summed E-state index contributed by atoms with van der Waals surface area (Å²) >= 11 is 12.0. The topological polar surface area (TPSA) is 86.7 Å². The molecule has 2 aromatic carbocycles. The Morgan fingerprint density at radius 1 is 1.14 bits per heavy atom. The molecule has 0 bridgehead atoms. The Morgan fingerprint density at radius 2 is 1.86 bits per heavy atom. The predicted molar refractivity (Wildman–Crippen MR) is 109 cm³/mol. The van der Waals surface area contributed by atoms with E-state index in [-0.39, 0.29) is 41.4 Å². The van der Waals surface area contributed by atoms with Crippen molar-refractivity contribution in [3.8, 4) is 0 Å². The molecule has 9 heteroatoms. The molecule has 0 radical (unpaired) electrons. The number of benzene rings is 2. The number of hydrogen-bond acceptors (Lipinski definition) is 4. The highest BCUT2D eigenvalue weighted by atomic mass is 35.5. The molecule has 1 saturated heterocycles. The number of carbonyl (C=O) groups is 1. The smallest absolute Gasteiger partial charge is 0.244 e. The first-order valence-corrected chi connectivity index (χ1v) is 11.0. The van der Waals surface area contributed by atoms with E-state index in [9.17, 15) is 18.3 Å². The normalized spacial score (nSPS) is 16.1. The van der Waals surface area contributed by atoms with Crippen molar-refractivity contribution in [2.45, 2.75) is 24.3 Å². The number of hydrogen-bond donors (Lipinski definition) is 2. The molecule has 28 heavy (non-hydrogen) atoms. The summed E-state index contributed by atoms with van der Waals surface area (Å²) in [6.45, 7) is 0.339. The molecule has 0 aromatic heterocycles. The number of nitrogens with zero attached hydrogens (tertiary/aromatic N) is 1. The van der Waals surface area contributed by atoms with Crippen LogP contribution in [0.5, 0.6) is 0 Å². The Hall–Kier alpha value is -1.64. The molecule has 2 aromatic rings. The number of nitrogens with one attached hydrogen (secondary N) is 1. The number of aliphatic hydroxyl groups is 1. The number of aliphatic hydroxyl groups excluding tert-OH is 1. The van der Waals surface area contributed by atoms with Crippen molar-refractivity contribution < 1.29 is 18.3 Å². The lowest BCUT2D eigenvalue weighted by Gasteiger charge is -2.30. The predicted octanol–water partition coefficient (Wildman–Crippen LogP) is 3.53. The number of piperidine rings is 1. The van der Waals surface area contributed by atoms with E-state index < -0.39 is 10.0 Å². The molecule has 3 rings (SSSR count). The van der Waals surface area contributed by atoms with Gasteiger partial charge in [-0.05, 0) is 48.7 Å². The van der Waals surface area contributed by atoms with Gasteiger partial charge in [0.2, 0.25) is 15.9 Å². The SMILES string of the molecule is O=C(Nc1cccc(CO)c1)C1CCN(S(=O)(=O)c2cc(Cl)ccc2Cl)CC1.